The van der Waals surface area contributed by atoms with Gasteiger partial charge in [0.15, 0.2) is 0 Å². The van der Waals surface area contributed by atoms with Gasteiger partial charge in [0.25, 0.3) is 0 Å². The minimum Gasteiger partial charge on any atom is -0.508 e. The predicted molar refractivity (Wildman–Crippen MR) is 83.3 cm³/mol. The van der Waals surface area contributed by atoms with Crippen molar-refractivity contribution in [1.82, 2.24) is 0 Å². The summed E-state index contributed by atoms with van der Waals surface area (Å²) in [6.07, 6.45) is 1.92. The summed E-state index contributed by atoms with van der Waals surface area (Å²) >= 11 is 0. The van der Waals surface area contributed by atoms with Gasteiger partial charge in [0.05, 0.1) is 0 Å². The fraction of sp³-hybridized carbons (Fsp3) is 0.222. The Kier molecular flexibility index (Phi) is 5.37. The standard InChI is InChI=1S/C12H16.C6H6O/c1-5-10-8-6-7-9-11(10)12(2,3)4;7-6-4-2-1-3-5-6/h5-9H,1H2,2-4H3;1-5,7H. The number of hydrogen-bond acceptors (Lipinski definition) is 1. The molecular weight excluding hydrogens is 232 g/mol. The van der Waals surface area contributed by atoms with Gasteiger partial charge in [0.1, 0.15) is 5.75 Å². The first kappa shape index (κ1) is 15.0. The smallest absolute Gasteiger partial charge is 0.115 e. The first-order chi connectivity index (χ1) is 8.95. The number of phenols is 1. The fourth-order valence-corrected chi connectivity index (χ4v) is 1.79. The van der Waals surface area contributed by atoms with Crippen LogP contribution in [0.5, 0.6) is 5.75 Å². The molecule has 0 fully saturated rings. The summed E-state index contributed by atoms with van der Waals surface area (Å²) in [6.45, 7) is 10.5. The lowest BCUT2D eigenvalue weighted by atomic mass is 9.84. The quantitative estimate of drug-likeness (QED) is 0.757. The van der Waals surface area contributed by atoms with Gasteiger partial charge in [0.2, 0.25) is 0 Å². The topological polar surface area (TPSA) is 20.2 Å². The third-order valence-corrected chi connectivity index (χ3v) is 2.74. The molecule has 0 spiro atoms. The van der Waals surface area contributed by atoms with E-state index < -0.39 is 0 Å². The molecule has 0 unspecified atom stereocenters. The highest BCUT2D eigenvalue weighted by molar-refractivity contribution is 5.53. The van der Waals surface area contributed by atoms with Crippen molar-refractivity contribution < 1.29 is 5.11 Å². The molecule has 0 aliphatic heterocycles. The van der Waals surface area contributed by atoms with Gasteiger partial charge in [-0.05, 0) is 28.7 Å². The second-order valence-corrected chi connectivity index (χ2v) is 5.38. The molecule has 0 atom stereocenters. The molecule has 0 saturated carbocycles. The monoisotopic (exact) mass is 254 g/mol. The van der Waals surface area contributed by atoms with Crippen molar-refractivity contribution in [2.24, 2.45) is 0 Å². The van der Waals surface area contributed by atoms with E-state index in [1.165, 1.54) is 11.1 Å². The summed E-state index contributed by atoms with van der Waals surface area (Å²) in [7, 11) is 0. The zero-order valence-electron chi connectivity index (χ0n) is 11.9. The van der Waals surface area contributed by atoms with Gasteiger partial charge in [-0.1, -0.05) is 75.9 Å². The molecule has 0 saturated heterocycles. The lowest BCUT2D eigenvalue weighted by Gasteiger charge is -2.21. The summed E-state index contributed by atoms with van der Waals surface area (Å²) in [6, 6.07) is 17.1. The van der Waals surface area contributed by atoms with Crippen LogP contribution in [-0.4, -0.2) is 5.11 Å². The molecule has 2 rings (SSSR count). The van der Waals surface area contributed by atoms with Gasteiger partial charge in [-0.3, -0.25) is 0 Å². The van der Waals surface area contributed by atoms with Crippen LogP contribution in [0.25, 0.3) is 6.08 Å². The highest BCUT2D eigenvalue weighted by atomic mass is 16.3. The van der Waals surface area contributed by atoms with Crippen molar-refractivity contribution in [3.05, 3.63) is 72.3 Å². The summed E-state index contributed by atoms with van der Waals surface area (Å²) in [4.78, 5) is 0. The summed E-state index contributed by atoms with van der Waals surface area (Å²) < 4.78 is 0. The average molecular weight is 254 g/mol. The van der Waals surface area contributed by atoms with Crippen LogP contribution in [0.4, 0.5) is 0 Å². The Bertz CT molecular complexity index is 507. The normalized spacial score (nSPS) is 10.3. The first-order valence-corrected chi connectivity index (χ1v) is 6.41. The van der Waals surface area contributed by atoms with E-state index in [1.54, 1.807) is 24.3 Å². The van der Waals surface area contributed by atoms with Gasteiger partial charge in [-0.2, -0.15) is 0 Å². The largest absolute Gasteiger partial charge is 0.508 e. The van der Waals surface area contributed by atoms with Crippen molar-refractivity contribution in [2.75, 3.05) is 0 Å². The molecule has 1 heteroatoms. The third-order valence-electron chi connectivity index (χ3n) is 2.74. The van der Waals surface area contributed by atoms with Crippen LogP contribution < -0.4 is 0 Å². The molecular formula is C18H22O. The Morgan fingerprint density at radius 3 is 1.79 bits per heavy atom. The Morgan fingerprint density at radius 1 is 0.895 bits per heavy atom. The van der Waals surface area contributed by atoms with Crippen LogP contribution in [-0.2, 0) is 5.41 Å². The molecule has 2 aromatic rings. The lowest BCUT2D eigenvalue weighted by molar-refractivity contribution is 0.475. The number of para-hydroxylation sites is 1. The van der Waals surface area contributed by atoms with Gasteiger partial charge in [0, 0.05) is 0 Å². The third kappa shape index (κ3) is 5.01. The summed E-state index contributed by atoms with van der Waals surface area (Å²) in [5, 5.41) is 8.63. The van der Waals surface area contributed by atoms with Crippen LogP contribution in [0.15, 0.2) is 61.2 Å². The second-order valence-electron chi connectivity index (χ2n) is 5.38. The number of phenolic OH excluding ortho intramolecular Hbond substituents is 1. The van der Waals surface area contributed by atoms with Crippen LogP contribution in [0, 0.1) is 0 Å². The molecule has 2 aromatic carbocycles. The first-order valence-electron chi connectivity index (χ1n) is 6.41. The van der Waals surface area contributed by atoms with Crippen LogP contribution >= 0.6 is 0 Å². The molecule has 1 N–H and O–H groups in total. The van der Waals surface area contributed by atoms with E-state index in [2.05, 4.69) is 45.5 Å². The van der Waals surface area contributed by atoms with Gasteiger partial charge >= 0.3 is 0 Å². The summed E-state index contributed by atoms with van der Waals surface area (Å²) in [5.41, 5.74) is 2.81. The van der Waals surface area contributed by atoms with Crippen molar-refractivity contribution >= 4 is 6.08 Å². The van der Waals surface area contributed by atoms with Crippen LogP contribution in [0.2, 0.25) is 0 Å². The maximum absolute atomic E-state index is 8.63. The number of benzene rings is 2. The molecule has 0 radical (unpaired) electrons. The predicted octanol–water partition coefficient (Wildman–Crippen LogP) is 5.02. The Morgan fingerprint density at radius 2 is 1.42 bits per heavy atom. The van der Waals surface area contributed by atoms with Gasteiger partial charge in [-0.25, -0.2) is 0 Å². The molecule has 0 aromatic heterocycles. The van der Waals surface area contributed by atoms with Gasteiger partial charge in [-0.15, -0.1) is 0 Å². The van der Waals surface area contributed by atoms with Crippen molar-refractivity contribution in [1.29, 1.82) is 0 Å². The molecule has 0 aliphatic rings. The van der Waals surface area contributed by atoms with E-state index in [1.807, 2.05) is 18.2 Å². The maximum atomic E-state index is 8.63. The lowest BCUT2D eigenvalue weighted by Crippen LogP contribution is -2.12. The molecule has 1 nitrogen and oxygen atoms in total. The van der Waals surface area contributed by atoms with Crippen molar-refractivity contribution in [3.8, 4) is 5.75 Å². The molecule has 0 amide bonds. The SMILES string of the molecule is C=Cc1ccccc1C(C)(C)C.Oc1ccccc1. The van der Waals surface area contributed by atoms with Crippen LogP contribution in [0.1, 0.15) is 31.9 Å². The zero-order chi connectivity index (χ0) is 14.3. The number of hydrogen-bond donors (Lipinski definition) is 1. The number of rotatable bonds is 1. The molecule has 100 valence electrons. The van der Waals surface area contributed by atoms with E-state index in [9.17, 15) is 0 Å². The van der Waals surface area contributed by atoms with Gasteiger partial charge < -0.3 is 5.11 Å². The average Bonchev–Trinajstić information content (AvgIpc) is 2.39. The molecule has 19 heavy (non-hydrogen) atoms. The Balaban J connectivity index is 0.000000218. The van der Waals surface area contributed by atoms with E-state index >= 15 is 0 Å². The van der Waals surface area contributed by atoms with Crippen molar-refractivity contribution in [2.45, 2.75) is 26.2 Å². The highest BCUT2D eigenvalue weighted by Crippen LogP contribution is 2.25. The van der Waals surface area contributed by atoms with Crippen LogP contribution in [0.3, 0.4) is 0 Å². The minimum absolute atomic E-state index is 0.213. The summed E-state index contributed by atoms with van der Waals surface area (Å²) in [5.74, 6) is 0.322. The molecule has 0 bridgehead atoms. The second kappa shape index (κ2) is 6.79. The van der Waals surface area contributed by atoms with Crippen molar-refractivity contribution in [3.63, 3.8) is 0 Å². The number of aromatic hydroxyl groups is 1. The van der Waals surface area contributed by atoms with E-state index in [0.717, 1.165) is 0 Å². The maximum Gasteiger partial charge on any atom is 0.115 e. The Hall–Kier alpha value is -2.02. The minimum atomic E-state index is 0.213. The molecule has 0 aliphatic carbocycles. The Labute approximate surface area is 116 Å². The van der Waals surface area contributed by atoms with E-state index in [-0.39, 0.29) is 5.41 Å². The van der Waals surface area contributed by atoms with E-state index in [4.69, 9.17) is 5.11 Å². The fourth-order valence-electron chi connectivity index (χ4n) is 1.79. The van der Waals surface area contributed by atoms with E-state index in [0.29, 0.717) is 5.75 Å². The highest BCUT2D eigenvalue weighted by Gasteiger charge is 2.15. The molecule has 0 heterocycles. The zero-order valence-corrected chi connectivity index (χ0v) is 11.9.